The maximum Gasteiger partial charge on any atom is 0.277 e. The molecule has 1 atom stereocenters. The van der Waals surface area contributed by atoms with Gasteiger partial charge >= 0.3 is 0 Å². The van der Waals surface area contributed by atoms with Crippen LogP contribution in [0.25, 0.3) is 0 Å². The average molecular weight is 501 g/mol. The fourth-order valence-corrected chi connectivity index (χ4v) is 4.70. The van der Waals surface area contributed by atoms with Crippen molar-refractivity contribution in [2.45, 2.75) is 110 Å². The molecule has 1 aromatic heterocycles. The molecule has 0 saturated heterocycles. The lowest BCUT2D eigenvalue weighted by molar-refractivity contribution is 0.00476. The molecule has 1 aliphatic rings. The van der Waals surface area contributed by atoms with Gasteiger partial charge in [-0.15, -0.1) is 0 Å². The fourth-order valence-electron chi connectivity index (χ4n) is 4.70. The number of amides is 1. The first-order valence-electron chi connectivity index (χ1n) is 13.9. The van der Waals surface area contributed by atoms with Gasteiger partial charge in [0.2, 0.25) is 6.35 Å². The van der Waals surface area contributed by atoms with Crippen LogP contribution >= 0.6 is 0 Å². The topological polar surface area (TPSA) is 81.8 Å². The maximum absolute atomic E-state index is 12.9. The Morgan fingerprint density at radius 3 is 2.25 bits per heavy atom. The molecule has 7 nitrogen and oxygen atoms in total. The number of allylic oxidation sites excluding steroid dienone is 3. The van der Waals surface area contributed by atoms with E-state index < -0.39 is 6.35 Å². The van der Waals surface area contributed by atoms with Crippen molar-refractivity contribution in [1.29, 1.82) is 0 Å². The molecule has 0 aliphatic carbocycles. The van der Waals surface area contributed by atoms with E-state index in [2.05, 4.69) is 30.6 Å². The minimum atomic E-state index is -1.06. The average Bonchev–Trinajstić information content (AvgIpc) is 3.26. The van der Waals surface area contributed by atoms with Gasteiger partial charge in [-0.1, -0.05) is 70.6 Å². The van der Waals surface area contributed by atoms with Gasteiger partial charge in [0.15, 0.2) is 11.5 Å². The summed E-state index contributed by atoms with van der Waals surface area (Å²) in [5, 5.41) is 20.2. The van der Waals surface area contributed by atoms with Crippen LogP contribution in [-0.2, 0) is 7.05 Å². The van der Waals surface area contributed by atoms with Crippen LogP contribution in [0.2, 0.25) is 0 Å². The largest absolute Gasteiger partial charge is 0.516 e. The summed E-state index contributed by atoms with van der Waals surface area (Å²) < 4.78 is 1.69. The van der Waals surface area contributed by atoms with Crippen molar-refractivity contribution < 1.29 is 15.0 Å². The van der Waals surface area contributed by atoms with Crippen LogP contribution in [0.3, 0.4) is 0 Å². The van der Waals surface area contributed by atoms with E-state index in [4.69, 9.17) is 0 Å². The Labute approximate surface area is 218 Å². The standard InChI is InChI=1S/C29H48N4O3/c1-4-6-7-8-9-11-14-17-20-25(23-34)21-18-15-12-10-13-16-19-22-33-28(35)26-27(30-24-31(26)3)32(5-2)29(33)36/h5,8-9,23-24,29,34,36H,2,4,6-7,10-22H2,1,3H3/b9-8+,25-23-/t29-/m1/s1. The normalized spacial score (nSPS) is 16.2. The second-order valence-electron chi connectivity index (χ2n) is 9.83. The fraction of sp³-hybridized carbons (Fsp3) is 0.655. The first-order valence-corrected chi connectivity index (χ1v) is 13.9. The Morgan fingerprint density at radius 2 is 1.61 bits per heavy atom. The molecule has 0 spiro atoms. The number of unbranched alkanes of at least 4 members (excludes halogenated alkanes) is 10. The Balaban J connectivity index is 1.53. The number of carbonyl (C=O) groups excluding carboxylic acids is 1. The van der Waals surface area contributed by atoms with Crippen LogP contribution in [0.15, 0.2) is 43.1 Å². The second-order valence-corrected chi connectivity index (χ2v) is 9.83. The van der Waals surface area contributed by atoms with Crippen LogP contribution in [0.5, 0.6) is 0 Å². The summed E-state index contributed by atoms with van der Waals surface area (Å²) in [5.74, 6) is 0.266. The zero-order valence-corrected chi connectivity index (χ0v) is 22.6. The number of imidazole rings is 1. The number of nitrogens with zero attached hydrogens (tertiary/aromatic N) is 4. The van der Waals surface area contributed by atoms with Crippen molar-refractivity contribution in [2.75, 3.05) is 11.4 Å². The van der Waals surface area contributed by atoms with E-state index in [1.807, 2.05) is 0 Å². The molecule has 2 rings (SSSR count). The van der Waals surface area contributed by atoms with E-state index in [1.165, 1.54) is 72.8 Å². The number of hydrogen-bond acceptors (Lipinski definition) is 5. The van der Waals surface area contributed by atoms with Crippen molar-refractivity contribution in [1.82, 2.24) is 14.5 Å². The minimum Gasteiger partial charge on any atom is -0.516 e. The van der Waals surface area contributed by atoms with Crippen LogP contribution in [-0.4, -0.2) is 43.5 Å². The first-order chi connectivity index (χ1) is 17.5. The van der Waals surface area contributed by atoms with Gasteiger partial charge in [-0.05, 0) is 56.9 Å². The molecular weight excluding hydrogens is 452 g/mol. The molecule has 0 unspecified atom stereocenters. The summed E-state index contributed by atoms with van der Waals surface area (Å²) in [4.78, 5) is 20.1. The highest BCUT2D eigenvalue weighted by Crippen LogP contribution is 2.29. The molecule has 36 heavy (non-hydrogen) atoms. The lowest BCUT2D eigenvalue weighted by Gasteiger charge is -2.38. The number of carbonyl (C=O) groups is 1. The van der Waals surface area contributed by atoms with Gasteiger partial charge in [0, 0.05) is 19.8 Å². The number of hydrogen-bond donors (Lipinski definition) is 2. The molecule has 2 heterocycles. The highest BCUT2D eigenvalue weighted by Gasteiger charge is 2.38. The van der Waals surface area contributed by atoms with E-state index >= 15 is 0 Å². The molecule has 0 saturated carbocycles. The second kappa shape index (κ2) is 17.0. The number of rotatable bonds is 19. The third kappa shape index (κ3) is 9.16. The minimum absolute atomic E-state index is 0.188. The van der Waals surface area contributed by atoms with Crippen LogP contribution in [0.1, 0.15) is 114 Å². The molecule has 0 aromatic carbocycles. The summed E-state index contributed by atoms with van der Waals surface area (Å²) in [6, 6.07) is 0. The smallest absolute Gasteiger partial charge is 0.277 e. The van der Waals surface area contributed by atoms with Gasteiger partial charge in [0.05, 0.1) is 12.6 Å². The molecular formula is C29H48N4O3. The van der Waals surface area contributed by atoms with Gasteiger partial charge in [0.1, 0.15) is 0 Å². The van der Waals surface area contributed by atoms with E-state index in [1.54, 1.807) is 17.9 Å². The zero-order chi connectivity index (χ0) is 26.2. The van der Waals surface area contributed by atoms with E-state index in [9.17, 15) is 15.0 Å². The molecule has 1 amide bonds. The van der Waals surface area contributed by atoms with Gasteiger partial charge in [-0.3, -0.25) is 14.6 Å². The first kappa shape index (κ1) is 29.7. The van der Waals surface area contributed by atoms with Crippen molar-refractivity contribution in [3.05, 3.63) is 48.8 Å². The lowest BCUT2D eigenvalue weighted by Crippen LogP contribution is -2.54. The maximum atomic E-state index is 12.9. The quantitative estimate of drug-likeness (QED) is 0.122. The van der Waals surface area contributed by atoms with Crippen molar-refractivity contribution in [3.63, 3.8) is 0 Å². The molecule has 2 N–H and O–H groups in total. The number of aliphatic hydroxyl groups is 2. The molecule has 202 valence electrons. The molecule has 1 aliphatic heterocycles. The summed E-state index contributed by atoms with van der Waals surface area (Å²) >= 11 is 0. The Bertz CT molecular complexity index is 846. The zero-order valence-electron chi connectivity index (χ0n) is 22.6. The Morgan fingerprint density at radius 1 is 1.00 bits per heavy atom. The van der Waals surface area contributed by atoms with Crippen molar-refractivity contribution >= 4 is 11.7 Å². The highest BCUT2D eigenvalue weighted by atomic mass is 16.3. The van der Waals surface area contributed by atoms with Gasteiger partial charge < -0.3 is 14.8 Å². The van der Waals surface area contributed by atoms with E-state index in [0.29, 0.717) is 18.1 Å². The van der Waals surface area contributed by atoms with E-state index in [-0.39, 0.29) is 5.91 Å². The lowest BCUT2D eigenvalue weighted by atomic mass is 10.0. The number of fused-ring (bicyclic) bond motifs is 1. The molecule has 0 fully saturated rings. The molecule has 1 aromatic rings. The summed E-state index contributed by atoms with van der Waals surface area (Å²) in [6.07, 6.45) is 24.8. The van der Waals surface area contributed by atoms with Crippen LogP contribution < -0.4 is 4.90 Å². The predicted molar refractivity (Wildman–Crippen MR) is 148 cm³/mol. The number of aliphatic hydroxyl groups excluding tert-OH is 2. The molecule has 0 bridgehead atoms. The molecule has 0 radical (unpaired) electrons. The number of aromatic nitrogens is 2. The highest BCUT2D eigenvalue weighted by molar-refractivity contribution is 5.99. The Kier molecular flexibility index (Phi) is 14.0. The van der Waals surface area contributed by atoms with Gasteiger partial charge in [-0.2, -0.15) is 0 Å². The number of aryl methyl sites for hydroxylation is 1. The monoisotopic (exact) mass is 500 g/mol. The van der Waals surface area contributed by atoms with Crippen LogP contribution in [0, 0.1) is 0 Å². The van der Waals surface area contributed by atoms with Gasteiger partial charge in [-0.25, -0.2) is 4.98 Å². The summed E-state index contributed by atoms with van der Waals surface area (Å²) in [7, 11) is 1.79. The van der Waals surface area contributed by atoms with Crippen LogP contribution in [0.4, 0.5) is 5.82 Å². The van der Waals surface area contributed by atoms with Crippen molar-refractivity contribution in [3.8, 4) is 0 Å². The van der Waals surface area contributed by atoms with Gasteiger partial charge in [0.25, 0.3) is 5.91 Å². The SMILES string of the molecule is C=CN1c2ncn(C)c2C(=O)N(CCCCCCCCC/C(=C\O)CCCC/C=C/CCCC)[C@@H]1O. The predicted octanol–water partition coefficient (Wildman–Crippen LogP) is 6.97. The van der Waals surface area contributed by atoms with E-state index in [0.717, 1.165) is 51.4 Å². The third-order valence-electron chi connectivity index (χ3n) is 6.94. The third-order valence-corrected chi connectivity index (χ3v) is 6.94. The Hall–Kier alpha value is -2.54. The van der Waals surface area contributed by atoms with Crippen molar-refractivity contribution in [2.24, 2.45) is 7.05 Å². The summed E-state index contributed by atoms with van der Waals surface area (Å²) in [5.41, 5.74) is 1.66. The summed E-state index contributed by atoms with van der Waals surface area (Å²) in [6.45, 7) is 6.49. The molecule has 7 heteroatoms. The number of anilines is 1.